The summed E-state index contributed by atoms with van der Waals surface area (Å²) in [5.41, 5.74) is 9.94. The second-order valence-corrected chi connectivity index (χ2v) is 5.96. The van der Waals surface area contributed by atoms with Crippen molar-refractivity contribution in [2.75, 3.05) is 0 Å². The van der Waals surface area contributed by atoms with Crippen molar-refractivity contribution in [1.82, 2.24) is 0 Å². The zero-order valence-electron chi connectivity index (χ0n) is 14.4. The molecule has 0 aromatic heterocycles. The summed E-state index contributed by atoms with van der Waals surface area (Å²) in [6.45, 7) is 8.33. The van der Waals surface area contributed by atoms with Crippen LogP contribution in [0.25, 0.3) is 5.70 Å². The smallest absolute Gasteiger partial charge is 0.335 e. The molecule has 0 aliphatic rings. The van der Waals surface area contributed by atoms with E-state index in [9.17, 15) is 4.79 Å². The van der Waals surface area contributed by atoms with Crippen LogP contribution in [-0.4, -0.2) is 16.8 Å². The average molecular weight is 334 g/mol. The number of rotatable bonds is 6. The van der Waals surface area contributed by atoms with Gasteiger partial charge in [-0.05, 0) is 41.5 Å². The molecule has 2 aromatic rings. The summed E-state index contributed by atoms with van der Waals surface area (Å²) in [5, 5.41) is 8.99. The first kappa shape index (κ1) is 18.2. The van der Waals surface area contributed by atoms with Crippen LogP contribution in [0.15, 0.2) is 72.4 Å². The molecule has 3 N–H and O–H groups in total. The Kier molecular flexibility index (Phi) is 5.90. The number of allylic oxidation sites excluding steroid dienone is 1. The maximum atomic E-state index is 11.0. The molecule has 0 spiro atoms. The highest BCUT2D eigenvalue weighted by Gasteiger charge is 2.06. The van der Waals surface area contributed by atoms with Gasteiger partial charge in [0, 0.05) is 5.56 Å². The molecule has 0 aliphatic heterocycles. The number of hydrogen-bond acceptors (Lipinski definition) is 3. The molecular formula is C21H22N2O2. The quantitative estimate of drug-likeness (QED) is 0.767. The fourth-order valence-electron chi connectivity index (χ4n) is 2.34. The number of aromatic carboxylic acids is 1. The maximum Gasteiger partial charge on any atom is 0.335 e. The van der Waals surface area contributed by atoms with Crippen LogP contribution in [-0.2, 0) is 0 Å². The van der Waals surface area contributed by atoms with E-state index in [-0.39, 0.29) is 5.56 Å². The Morgan fingerprint density at radius 1 is 1.04 bits per heavy atom. The molecule has 25 heavy (non-hydrogen) atoms. The molecule has 0 amide bonds. The van der Waals surface area contributed by atoms with E-state index in [0.717, 1.165) is 11.1 Å². The molecule has 4 nitrogen and oxygen atoms in total. The molecule has 4 heteroatoms. The zero-order chi connectivity index (χ0) is 18.4. The minimum atomic E-state index is -0.964. The third kappa shape index (κ3) is 4.67. The van der Waals surface area contributed by atoms with Crippen LogP contribution in [0.1, 0.15) is 46.8 Å². The van der Waals surface area contributed by atoms with Crippen molar-refractivity contribution in [3.63, 3.8) is 0 Å². The van der Waals surface area contributed by atoms with Gasteiger partial charge in [0.05, 0.1) is 17.0 Å². The van der Waals surface area contributed by atoms with Crippen LogP contribution in [0.5, 0.6) is 0 Å². The van der Waals surface area contributed by atoms with E-state index in [1.54, 1.807) is 18.2 Å². The lowest BCUT2D eigenvalue weighted by Gasteiger charge is -2.08. The highest BCUT2D eigenvalue weighted by atomic mass is 16.4. The molecular weight excluding hydrogens is 312 g/mol. The highest BCUT2D eigenvalue weighted by molar-refractivity contribution is 6.11. The normalized spacial score (nSPS) is 11.9. The lowest BCUT2D eigenvalue weighted by Crippen LogP contribution is -2.01. The van der Waals surface area contributed by atoms with Crippen molar-refractivity contribution >= 4 is 17.4 Å². The minimum absolute atomic E-state index is 0.225. The summed E-state index contributed by atoms with van der Waals surface area (Å²) in [5.74, 6) is -0.497. The number of carboxylic acid groups (broad SMARTS) is 1. The Bertz CT molecular complexity index is 814. The van der Waals surface area contributed by atoms with E-state index < -0.39 is 5.97 Å². The summed E-state index contributed by atoms with van der Waals surface area (Å²) in [7, 11) is 0. The SMILES string of the molecule is C=C(N=C(/C=C\N)c1ccc(C(=O)O)cc1)c1ccc(C(C)C)cc1. The van der Waals surface area contributed by atoms with Gasteiger partial charge < -0.3 is 10.8 Å². The van der Waals surface area contributed by atoms with E-state index in [1.165, 1.54) is 23.9 Å². The van der Waals surface area contributed by atoms with Crippen LogP contribution in [0.3, 0.4) is 0 Å². The van der Waals surface area contributed by atoms with Crippen LogP contribution < -0.4 is 5.73 Å². The van der Waals surface area contributed by atoms with Crippen LogP contribution in [0.2, 0.25) is 0 Å². The molecule has 128 valence electrons. The molecule has 0 saturated carbocycles. The predicted octanol–water partition coefficient (Wildman–Crippen LogP) is 4.44. The minimum Gasteiger partial charge on any atom is -0.478 e. The number of carboxylic acids is 1. The Labute approximate surface area is 148 Å². The molecule has 0 saturated heterocycles. The number of benzene rings is 2. The topological polar surface area (TPSA) is 75.7 Å². The van der Waals surface area contributed by atoms with Gasteiger partial charge in [0.15, 0.2) is 0 Å². The van der Waals surface area contributed by atoms with Crippen molar-refractivity contribution in [3.8, 4) is 0 Å². The first-order valence-electron chi connectivity index (χ1n) is 8.02. The molecule has 0 atom stereocenters. The summed E-state index contributed by atoms with van der Waals surface area (Å²) in [6, 6.07) is 14.6. The summed E-state index contributed by atoms with van der Waals surface area (Å²) < 4.78 is 0. The number of nitrogens with zero attached hydrogens (tertiary/aromatic N) is 1. The third-order valence-electron chi connectivity index (χ3n) is 3.85. The van der Waals surface area contributed by atoms with Crippen molar-refractivity contribution in [2.24, 2.45) is 10.7 Å². The monoisotopic (exact) mass is 334 g/mol. The summed E-state index contributed by atoms with van der Waals surface area (Å²) in [4.78, 5) is 15.5. The molecule has 0 unspecified atom stereocenters. The van der Waals surface area contributed by atoms with Gasteiger partial charge in [-0.25, -0.2) is 9.79 Å². The van der Waals surface area contributed by atoms with Gasteiger partial charge >= 0.3 is 5.97 Å². The Hall–Kier alpha value is -3.14. The Balaban J connectivity index is 2.32. The van der Waals surface area contributed by atoms with E-state index >= 15 is 0 Å². The van der Waals surface area contributed by atoms with Crippen LogP contribution in [0.4, 0.5) is 0 Å². The molecule has 2 rings (SSSR count). The second kappa shape index (κ2) is 8.11. The second-order valence-electron chi connectivity index (χ2n) is 5.96. The van der Waals surface area contributed by atoms with E-state index in [2.05, 4.69) is 37.6 Å². The van der Waals surface area contributed by atoms with Gasteiger partial charge in [-0.2, -0.15) is 0 Å². The lowest BCUT2D eigenvalue weighted by atomic mass is 10.0. The molecule has 0 radical (unpaired) electrons. The largest absolute Gasteiger partial charge is 0.478 e. The third-order valence-corrected chi connectivity index (χ3v) is 3.85. The summed E-state index contributed by atoms with van der Waals surface area (Å²) in [6.07, 6.45) is 3.07. The van der Waals surface area contributed by atoms with Gasteiger partial charge in [-0.3, -0.25) is 0 Å². The fourth-order valence-corrected chi connectivity index (χ4v) is 2.34. The first-order chi connectivity index (χ1) is 11.9. The zero-order valence-corrected chi connectivity index (χ0v) is 14.4. The average Bonchev–Trinajstić information content (AvgIpc) is 2.61. The molecule has 0 bridgehead atoms. The number of aliphatic imine (C=N–C) groups is 1. The standard InChI is InChI=1S/C21H22N2O2/c1-14(2)16-4-6-17(7-5-16)15(3)23-20(12-13-22)18-8-10-19(11-9-18)21(24)25/h4-14H,3,22H2,1-2H3,(H,24,25)/b13-12-,23-20?. The number of carbonyl (C=O) groups is 1. The predicted molar refractivity (Wildman–Crippen MR) is 103 cm³/mol. The van der Waals surface area contributed by atoms with Crippen molar-refractivity contribution in [1.29, 1.82) is 0 Å². The first-order valence-corrected chi connectivity index (χ1v) is 8.02. The molecule has 2 aromatic carbocycles. The van der Waals surface area contributed by atoms with Gasteiger partial charge in [-0.15, -0.1) is 0 Å². The van der Waals surface area contributed by atoms with E-state index in [1.807, 2.05) is 12.1 Å². The Morgan fingerprint density at radius 2 is 1.56 bits per heavy atom. The van der Waals surface area contributed by atoms with E-state index in [0.29, 0.717) is 17.3 Å². The summed E-state index contributed by atoms with van der Waals surface area (Å²) >= 11 is 0. The Morgan fingerprint density at radius 3 is 2.04 bits per heavy atom. The van der Waals surface area contributed by atoms with Gasteiger partial charge in [0.2, 0.25) is 0 Å². The number of hydrogen-bond donors (Lipinski definition) is 2. The molecule has 0 heterocycles. The lowest BCUT2D eigenvalue weighted by molar-refractivity contribution is 0.0697. The molecule has 0 aliphatic carbocycles. The van der Waals surface area contributed by atoms with Crippen LogP contribution in [0, 0.1) is 0 Å². The maximum absolute atomic E-state index is 11.0. The fraction of sp³-hybridized carbons (Fsp3) is 0.143. The molecule has 0 fully saturated rings. The van der Waals surface area contributed by atoms with Crippen LogP contribution >= 0.6 is 0 Å². The van der Waals surface area contributed by atoms with Crippen molar-refractivity contribution < 1.29 is 9.90 Å². The van der Waals surface area contributed by atoms with Gasteiger partial charge in [0.1, 0.15) is 0 Å². The van der Waals surface area contributed by atoms with E-state index in [4.69, 9.17) is 10.8 Å². The number of nitrogens with two attached hydrogens (primary N) is 1. The van der Waals surface area contributed by atoms with Gasteiger partial charge in [0.25, 0.3) is 0 Å². The van der Waals surface area contributed by atoms with Crippen molar-refractivity contribution in [2.45, 2.75) is 19.8 Å². The highest BCUT2D eigenvalue weighted by Crippen LogP contribution is 2.20. The van der Waals surface area contributed by atoms with Gasteiger partial charge in [-0.1, -0.05) is 56.8 Å². The van der Waals surface area contributed by atoms with Crippen molar-refractivity contribution in [3.05, 3.63) is 89.6 Å².